The van der Waals surface area contributed by atoms with Gasteiger partial charge < -0.3 is 20.1 Å². The molecule has 1 saturated carbocycles. The third kappa shape index (κ3) is 4.14. The smallest absolute Gasteiger partial charge is 0.310 e. The molecule has 0 aromatic heterocycles. The van der Waals surface area contributed by atoms with E-state index < -0.39 is 28.7 Å². The van der Waals surface area contributed by atoms with Crippen molar-refractivity contribution in [2.24, 2.45) is 17.8 Å². The van der Waals surface area contributed by atoms with Gasteiger partial charge in [-0.3, -0.25) is 14.4 Å². The van der Waals surface area contributed by atoms with E-state index in [1.807, 2.05) is 30.3 Å². The number of aliphatic hydroxyl groups is 1. The van der Waals surface area contributed by atoms with Gasteiger partial charge in [0.2, 0.25) is 11.8 Å². The molecule has 3 saturated heterocycles. The molecule has 4 aliphatic rings. The van der Waals surface area contributed by atoms with Crippen molar-refractivity contribution in [3.8, 4) is 0 Å². The Morgan fingerprint density at radius 2 is 1.94 bits per heavy atom. The molecule has 7 nitrogen and oxygen atoms in total. The highest BCUT2D eigenvalue weighted by Gasteiger charge is 2.76. The number of nitrogens with zero attached hydrogens (tertiary/aromatic N) is 1. The van der Waals surface area contributed by atoms with Crippen molar-refractivity contribution in [2.75, 3.05) is 13.2 Å². The van der Waals surface area contributed by atoms with Crippen LogP contribution in [0, 0.1) is 17.8 Å². The fraction of sp³-hybridized carbons (Fsp3) is 0.679. The summed E-state index contributed by atoms with van der Waals surface area (Å²) in [5.74, 6) is -1.72. The van der Waals surface area contributed by atoms with E-state index in [0.717, 1.165) is 37.7 Å². The molecule has 2 N–H and O–H groups in total. The summed E-state index contributed by atoms with van der Waals surface area (Å²) >= 11 is 1.65. The number of hydrogen-bond acceptors (Lipinski definition) is 6. The van der Waals surface area contributed by atoms with Crippen LogP contribution in [0.4, 0.5) is 0 Å². The summed E-state index contributed by atoms with van der Waals surface area (Å²) in [6, 6.07) is 8.61. The third-order valence-corrected chi connectivity index (χ3v) is 10.9. The van der Waals surface area contributed by atoms with E-state index in [2.05, 4.69) is 12.2 Å². The molecular formula is C28H38N2O5S. The van der Waals surface area contributed by atoms with Crippen molar-refractivity contribution in [1.29, 1.82) is 0 Å². The van der Waals surface area contributed by atoms with Crippen molar-refractivity contribution >= 4 is 29.5 Å². The van der Waals surface area contributed by atoms with Gasteiger partial charge in [-0.1, -0.05) is 56.5 Å². The maximum atomic E-state index is 14.2. The van der Waals surface area contributed by atoms with Gasteiger partial charge in [0.25, 0.3) is 0 Å². The molecule has 36 heavy (non-hydrogen) atoms. The predicted octanol–water partition coefficient (Wildman–Crippen LogP) is 2.94. The van der Waals surface area contributed by atoms with Crippen LogP contribution in [-0.4, -0.2) is 69.1 Å². The number of thioether (sulfide) groups is 1. The first-order chi connectivity index (χ1) is 17.4. The summed E-state index contributed by atoms with van der Waals surface area (Å²) in [4.78, 5) is 43.1. The molecule has 2 amide bonds. The number of rotatable bonds is 8. The number of hydrogen-bond donors (Lipinski definition) is 2. The van der Waals surface area contributed by atoms with Gasteiger partial charge in [-0.05, 0) is 44.1 Å². The molecule has 1 spiro atoms. The Morgan fingerprint density at radius 3 is 2.61 bits per heavy atom. The summed E-state index contributed by atoms with van der Waals surface area (Å²) in [5, 5.41) is 13.8. The molecule has 7 atom stereocenters. The Labute approximate surface area is 217 Å². The zero-order chi connectivity index (χ0) is 25.4. The highest BCUT2D eigenvalue weighted by molar-refractivity contribution is 8.02. The molecule has 1 aliphatic carbocycles. The van der Waals surface area contributed by atoms with Crippen molar-refractivity contribution in [3.05, 3.63) is 35.9 Å². The van der Waals surface area contributed by atoms with Crippen LogP contribution in [0.3, 0.4) is 0 Å². The number of amides is 2. The molecule has 0 radical (unpaired) electrons. The van der Waals surface area contributed by atoms with Gasteiger partial charge in [-0.2, -0.15) is 0 Å². The van der Waals surface area contributed by atoms with Gasteiger partial charge >= 0.3 is 5.97 Å². The number of nitrogens with one attached hydrogen (secondary N) is 1. The summed E-state index contributed by atoms with van der Waals surface area (Å²) < 4.78 is 4.74. The van der Waals surface area contributed by atoms with Crippen LogP contribution in [0.15, 0.2) is 30.3 Å². The third-order valence-electron chi connectivity index (χ3n) is 8.86. The Balaban J connectivity index is 1.53. The number of esters is 1. The summed E-state index contributed by atoms with van der Waals surface area (Å²) in [7, 11) is 0. The summed E-state index contributed by atoms with van der Waals surface area (Å²) in [6.45, 7) is 3.91. The molecule has 1 aromatic rings. The second-order valence-corrected chi connectivity index (χ2v) is 12.5. The second-order valence-electron chi connectivity index (χ2n) is 10.9. The lowest BCUT2D eigenvalue weighted by molar-refractivity contribution is -0.154. The van der Waals surface area contributed by atoms with Gasteiger partial charge in [-0.25, -0.2) is 0 Å². The normalized spacial score (nSPS) is 34.5. The lowest BCUT2D eigenvalue weighted by Crippen LogP contribution is -2.60. The second kappa shape index (κ2) is 10.4. The molecule has 3 aliphatic heterocycles. The molecule has 1 aromatic carbocycles. The van der Waals surface area contributed by atoms with Gasteiger partial charge in [0.1, 0.15) is 6.04 Å². The zero-order valence-corrected chi connectivity index (χ0v) is 22.0. The van der Waals surface area contributed by atoms with E-state index in [9.17, 15) is 19.5 Å². The first kappa shape index (κ1) is 25.6. The Hall–Kier alpha value is -2.06. The van der Waals surface area contributed by atoms with Crippen LogP contribution in [0.2, 0.25) is 0 Å². The lowest BCUT2D eigenvalue weighted by Gasteiger charge is -2.40. The van der Waals surface area contributed by atoms with Gasteiger partial charge in [-0.15, -0.1) is 11.8 Å². The van der Waals surface area contributed by atoms with Crippen molar-refractivity contribution in [1.82, 2.24) is 10.2 Å². The minimum absolute atomic E-state index is 0.0261. The number of carbonyl (C=O) groups excluding carboxylic acids is 3. The maximum Gasteiger partial charge on any atom is 0.310 e. The van der Waals surface area contributed by atoms with Gasteiger partial charge in [0.05, 0.1) is 35.8 Å². The first-order valence-corrected chi connectivity index (χ1v) is 14.4. The van der Waals surface area contributed by atoms with E-state index in [4.69, 9.17) is 4.74 Å². The number of likely N-dealkylation sites (tertiary alicyclic amines) is 1. The Kier molecular flexibility index (Phi) is 7.37. The minimum atomic E-state index is -0.720. The standard InChI is InChI=1S/C28H38N2O5S/c1-3-35-27(34)22-21-14-17(2)28(36-21)23(22)26(33)30(20(16-31)15-18-10-6-4-7-11-18)24(28)25(32)29-19-12-8-5-9-13-19/h4,6-7,10-11,17,19-24,31H,3,5,8-9,12-16H2,1-2H3,(H,29,32)/t17?,20-,21-,22+,23+,24?,28?/m1/s1. The highest BCUT2D eigenvalue weighted by Crippen LogP contribution is 2.69. The van der Waals surface area contributed by atoms with Gasteiger partial charge in [0.15, 0.2) is 0 Å². The molecule has 3 heterocycles. The van der Waals surface area contributed by atoms with Crippen LogP contribution in [0.5, 0.6) is 0 Å². The van der Waals surface area contributed by atoms with E-state index in [1.54, 1.807) is 23.6 Å². The van der Waals surface area contributed by atoms with E-state index in [-0.39, 0.29) is 48.2 Å². The average Bonchev–Trinajstić information content (AvgIpc) is 3.47. The van der Waals surface area contributed by atoms with Gasteiger partial charge in [0, 0.05) is 11.3 Å². The number of carbonyl (C=O) groups is 3. The summed E-state index contributed by atoms with van der Waals surface area (Å²) in [6.07, 6.45) is 6.51. The molecule has 196 valence electrons. The van der Waals surface area contributed by atoms with E-state index in [1.165, 1.54) is 6.42 Å². The molecule has 2 bridgehead atoms. The van der Waals surface area contributed by atoms with E-state index >= 15 is 0 Å². The van der Waals surface area contributed by atoms with Crippen LogP contribution < -0.4 is 5.32 Å². The van der Waals surface area contributed by atoms with Crippen LogP contribution in [0.1, 0.15) is 57.9 Å². The predicted molar refractivity (Wildman–Crippen MR) is 138 cm³/mol. The number of benzene rings is 1. The minimum Gasteiger partial charge on any atom is -0.466 e. The molecule has 4 fully saturated rings. The fourth-order valence-corrected chi connectivity index (χ4v) is 9.72. The number of fused-ring (bicyclic) bond motifs is 1. The molecule has 8 heteroatoms. The van der Waals surface area contributed by atoms with Crippen LogP contribution >= 0.6 is 11.8 Å². The number of aliphatic hydroxyl groups excluding tert-OH is 1. The molecule has 3 unspecified atom stereocenters. The van der Waals surface area contributed by atoms with Crippen LogP contribution in [0.25, 0.3) is 0 Å². The topological polar surface area (TPSA) is 95.9 Å². The Morgan fingerprint density at radius 1 is 1.22 bits per heavy atom. The number of ether oxygens (including phenoxy) is 1. The van der Waals surface area contributed by atoms with Crippen molar-refractivity contribution in [3.63, 3.8) is 0 Å². The maximum absolute atomic E-state index is 14.2. The monoisotopic (exact) mass is 514 g/mol. The zero-order valence-electron chi connectivity index (χ0n) is 21.2. The summed E-state index contributed by atoms with van der Waals surface area (Å²) in [5.41, 5.74) is 0.997. The average molecular weight is 515 g/mol. The van der Waals surface area contributed by atoms with E-state index in [0.29, 0.717) is 6.42 Å². The molecule has 5 rings (SSSR count). The Bertz CT molecular complexity index is 983. The SMILES string of the molecule is CCOC(=O)[C@@H]1[C@H]2C(=O)N([C@@H](CO)Cc3ccccc3)C(C(=O)NC3CCCCC3)C23S[C@@H]1CC3C. The van der Waals surface area contributed by atoms with Crippen LogP contribution in [-0.2, 0) is 25.5 Å². The highest BCUT2D eigenvalue weighted by atomic mass is 32.2. The largest absolute Gasteiger partial charge is 0.466 e. The van der Waals surface area contributed by atoms with Crippen molar-refractivity contribution in [2.45, 2.75) is 86.9 Å². The fourth-order valence-electron chi connectivity index (χ4n) is 7.32. The lowest BCUT2D eigenvalue weighted by atomic mass is 9.66. The molecular weight excluding hydrogens is 476 g/mol. The quantitative estimate of drug-likeness (QED) is 0.518. The first-order valence-electron chi connectivity index (χ1n) is 13.5. The van der Waals surface area contributed by atoms with Crippen molar-refractivity contribution < 1.29 is 24.2 Å².